The highest BCUT2D eigenvalue weighted by Gasteiger charge is 2.08. The maximum atomic E-state index is 10.1. The second-order valence-electron chi connectivity index (χ2n) is 5.13. The van der Waals surface area contributed by atoms with Gasteiger partial charge >= 0.3 is 0 Å². The molecular weight excluding hydrogens is 328 g/mol. The summed E-state index contributed by atoms with van der Waals surface area (Å²) in [4.78, 5) is 7.48. The predicted octanol–water partition coefficient (Wildman–Crippen LogP) is 5.00. The molecule has 3 rings (SSSR count). The summed E-state index contributed by atoms with van der Waals surface area (Å²) < 4.78 is 1.03. The molecule has 0 spiro atoms. The molecule has 0 radical (unpaired) electrons. The molecule has 0 bridgehead atoms. The lowest BCUT2D eigenvalue weighted by Crippen LogP contribution is -1.81. The maximum absolute atomic E-state index is 10.1. The van der Waals surface area contributed by atoms with Crippen LogP contribution in [0.15, 0.2) is 45.9 Å². The lowest BCUT2D eigenvalue weighted by Gasteiger charge is -2.00. The van der Waals surface area contributed by atoms with Gasteiger partial charge in [-0.05, 0) is 49.2 Å². The van der Waals surface area contributed by atoms with E-state index in [1.807, 2.05) is 50.2 Å². The fourth-order valence-electron chi connectivity index (χ4n) is 2.35. The first kappa shape index (κ1) is 13.9. The van der Waals surface area contributed by atoms with E-state index in [0.29, 0.717) is 5.56 Å². The van der Waals surface area contributed by atoms with Gasteiger partial charge in [0.2, 0.25) is 0 Å². The van der Waals surface area contributed by atoms with Gasteiger partial charge in [-0.15, -0.1) is 0 Å². The van der Waals surface area contributed by atoms with E-state index in [1.165, 1.54) is 0 Å². The van der Waals surface area contributed by atoms with E-state index in [0.717, 1.165) is 32.2 Å². The zero-order chi connectivity index (χ0) is 15.0. The molecule has 21 heavy (non-hydrogen) atoms. The number of aromatic nitrogens is 1. The Bertz CT molecular complexity index is 849. The zero-order valence-corrected chi connectivity index (χ0v) is 13.4. The Morgan fingerprint density at radius 3 is 2.71 bits per heavy atom. The molecule has 2 aromatic carbocycles. The van der Waals surface area contributed by atoms with Crippen molar-refractivity contribution in [2.45, 2.75) is 13.8 Å². The molecule has 2 N–H and O–H groups in total. The Morgan fingerprint density at radius 2 is 1.95 bits per heavy atom. The van der Waals surface area contributed by atoms with Crippen LogP contribution in [0.25, 0.3) is 10.9 Å². The molecule has 0 aliphatic carbocycles. The third-order valence-corrected chi connectivity index (χ3v) is 3.96. The van der Waals surface area contributed by atoms with Crippen LogP contribution in [0.4, 0.5) is 5.69 Å². The van der Waals surface area contributed by atoms with Crippen LogP contribution in [0.1, 0.15) is 16.7 Å². The van der Waals surface area contributed by atoms with Crippen molar-refractivity contribution in [2.75, 3.05) is 0 Å². The standard InChI is InChI=1S/C17H15BrN2O/c1-10-3-5-13-14(17(21)20-16(13)7-10)9-19-15-6-4-12(18)8-11(15)2/h3-9,20-21H,1-2H3. The number of nitrogens with zero attached hydrogens (tertiary/aromatic N) is 1. The summed E-state index contributed by atoms with van der Waals surface area (Å²) in [5, 5.41) is 11.0. The van der Waals surface area contributed by atoms with Gasteiger partial charge in [-0.25, -0.2) is 0 Å². The van der Waals surface area contributed by atoms with Crippen molar-refractivity contribution in [3.8, 4) is 5.88 Å². The average molecular weight is 343 g/mol. The summed E-state index contributed by atoms with van der Waals surface area (Å²) in [5.41, 5.74) is 4.75. The minimum Gasteiger partial charge on any atom is -0.494 e. The summed E-state index contributed by atoms with van der Waals surface area (Å²) in [7, 11) is 0. The Balaban J connectivity index is 2.05. The molecule has 3 nitrogen and oxygen atoms in total. The minimum absolute atomic E-state index is 0.147. The Labute approximate surface area is 131 Å². The molecule has 0 atom stereocenters. The van der Waals surface area contributed by atoms with Gasteiger partial charge in [0, 0.05) is 21.6 Å². The summed E-state index contributed by atoms with van der Waals surface area (Å²) >= 11 is 3.44. The minimum atomic E-state index is 0.147. The number of aliphatic imine (C=N–C) groups is 1. The van der Waals surface area contributed by atoms with Gasteiger partial charge in [0.25, 0.3) is 0 Å². The first-order valence-corrected chi connectivity index (χ1v) is 7.45. The second kappa shape index (κ2) is 5.37. The van der Waals surface area contributed by atoms with Gasteiger partial charge in [-0.3, -0.25) is 4.99 Å². The Kier molecular flexibility index (Phi) is 3.55. The molecule has 4 heteroatoms. The van der Waals surface area contributed by atoms with Crippen LogP contribution in [0.5, 0.6) is 5.88 Å². The Morgan fingerprint density at radius 1 is 1.14 bits per heavy atom. The molecule has 0 fully saturated rings. The number of H-pyrrole nitrogens is 1. The summed E-state index contributed by atoms with van der Waals surface area (Å²) in [6.07, 6.45) is 1.71. The number of halogens is 1. The number of aromatic hydroxyl groups is 1. The average Bonchev–Trinajstić information content (AvgIpc) is 2.72. The predicted molar refractivity (Wildman–Crippen MR) is 90.8 cm³/mol. The van der Waals surface area contributed by atoms with Crippen molar-refractivity contribution in [2.24, 2.45) is 4.99 Å². The SMILES string of the molecule is Cc1ccc2c(C=Nc3ccc(Br)cc3C)c(O)[nH]c2c1. The Hall–Kier alpha value is -2.07. The van der Waals surface area contributed by atoms with Crippen LogP contribution in [0.2, 0.25) is 0 Å². The number of aromatic amines is 1. The van der Waals surface area contributed by atoms with Gasteiger partial charge in [0.05, 0.1) is 11.3 Å². The van der Waals surface area contributed by atoms with Crippen LogP contribution in [0, 0.1) is 13.8 Å². The van der Waals surface area contributed by atoms with Crippen LogP contribution in [-0.2, 0) is 0 Å². The van der Waals surface area contributed by atoms with E-state index in [1.54, 1.807) is 6.21 Å². The smallest absolute Gasteiger partial charge is 0.198 e. The van der Waals surface area contributed by atoms with Crippen molar-refractivity contribution in [1.82, 2.24) is 4.98 Å². The van der Waals surface area contributed by atoms with E-state index in [2.05, 4.69) is 25.9 Å². The third-order valence-electron chi connectivity index (χ3n) is 3.47. The van der Waals surface area contributed by atoms with E-state index in [-0.39, 0.29) is 5.88 Å². The lowest BCUT2D eigenvalue weighted by atomic mass is 10.1. The molecule has 0 saturated carbocycles. The molecule has 3 aromatic rings. The summed E-state index contributed by atoms with van der Waals surface area (Å²) in [6, 6.07) is 12.0. The van der Waals surface area contributed by atoms with Crippen molar-refractivity contribution in [3.63, 3.8) is 0 Å². The van der Waals surface area contributed by atoms with Crippen molar-refractivity contribution >= 4 is 38.7 Å². The molecular formula is C17H15BrN2O. The number of nitrogens with one attached hydrogen (secondary N) is 1. The van der Waals surface area contributed by atoms with Crippen molar-refractivity contribution in [1.29, 1.82) is 0 Å². The summed E-state index contributed by atoms with van der Waals surface area (Å²) in [5.74, 6) is 0.147. The van der Waals surface area contributed by atoms with Gasteiger partial charge in [0.1, 0.15) is 0 Å². The monoisotopic (exact) mass is 342 g/mol. The van der Waals surface area contributed by atoms with Crippen molar-refractivity contribution < 1.29 is 5.11 Å². The highest BCUT2D eigenvalue weighted by molar-refractivity contribution is 9.10. The van der Waals surface area contributed by atoms with Gasteiger partial charge in [0.15, 0.2) is 5.88 Å². The van der Waals surface area contributed by atoms with E-state index >= 15 is 0 Å². The molecule has 1 aromatic heterocycles. The molecule has 0 amide bonds. The highest BCUT2D eigenvalue weighted by Crippen LogP contribution is 2.28. The molecule has 0 unspecified atom stereocenters. The quantitative estimate of drug-likeness (QED) is 0.632. The van der Waals surface area contributed by atoms with E-state index in [4.69, 9.17) is 0 Å². The van der Waals surface area contributed by atoms with Crippen LogP contribution >= 0.6 is 15.9 Å². The number of fused-ring (bicyclic) bond motifs is 1. The normalized spacial score (nSPS) is 11.6. The zero-order valence-electron chi connectivity index (χ0n) is 11.8. The van der Waals surface area contributed by atoms with Gasteiger partial charge in [-0.1, -0.05) is 28.1 Å². The molecule has 0 aliphatic heterocycles. The van der Waals surface area contributed by atoms with Gasteiger partial charge < -0.3 is 10.1 Å². The van der Waals surface area contributed by atoms with Crippen LogP contribution in [-0.4, -0.2) is 16.3 Å². The number of hydrogen-bond donors (Lipinski definition) is 2. The molecule has 0 aliphatic rings. The summed E-state index contributed by atoms with van der Waals surface area (Å²) in [6.45, 7) is 4.03. The van der Waals surface area contributed by atoms with Crippen LogP contribution in [0.3, 0.4) is 0 Å². The highest BCUT2D eigenvalue weighted by atomic mass is 79.9. The molecule has 106 valence electrons. The number of benzene rings is 2. The number of rotatable bonds is 2. The third kappa shape index (κ3) is 2.72. The lowest BCUT2D eigenvalue weighted by molar-refractivity contribution is 0.457. The first-order chi connectivity index (χ1) is 10.0. The fraction of sp³-hybridized carbons (Fsp3) is 0.118. The fourth-order valence-corrected chi connectivity index (χ4v) is 2.82. The van der Waals surface area contributed by atoms with E-state index in [9.17, 15) is 5.11 Å². The largest absolute Gasteiger partial charge is 0.494 e. The van der Waals surface area contributed by atoms with Crippen molar-refractivity contribution in [3.05, 3.63) is 57.6 Å². The van der Waals surface area contributed by atoms with E-state index < -0.39 is 0 Å². The maximum Gasteiger partial charge on any atom is 0.198 e. The first-order valence-electron chi connectivity index (χ1n) is 6.66. The van der Waals surface area contributed by atoms with Crippen LogP contribution < -0.4 is 0 Å². The molecule has 1 heterocycles. The number of aryl methyl sites for hydroxylation is 2. The molecule has 0 saturated heterocycles. The number of hydrogen-bond acceptors (Lipinski definition) is 2. The van der Waals surface area contributed by atoms with Gasteiger partial charge in [-0.2, -0.15) is 0 Å². The second-order valence-corrected chi connectivity index (χ2v) is 6.04. The topological polar surface area (TPSA) is 48.4 Å².